The van der Waals surface area contributed by atoms with E-state index in [0.29, 0.717) is 34.9 Å². The fourth-order valence-electron chi connectivity index (χ4n) is 1.95. The van der Waals surface area contributed by atoms with Crippen molar-refractivity contribution in [3.63, 3.8) is 0 Å². The Morgan fingerprint density at radius 1 is 1.00 bits per heavy atom. The molecule has 0 unspecified atom stereocenters. The third-order valence-corrected chi connectivity index (χ3v) is 4.96. The topological polar surface area (TPSA) is 64.6 Å². The number of benzene rings is 2. The molecule has 2 rings (SSSR count). The fourth-order valence-corrected chi connectivity index (χ4v) is 3.40. The maximum Gasteiger partial charge on any atom is 0.262 e. The smallest absolute Gasteiger partial charge is 0.262 e. The molecule has 0 aromatic heterocycles. The molecule has 2 aromatic rings. The van der Waals surface area contributed by atoms with Crippen LogP contribution in [-0.2, 0) is 10.0 Å². The minimum Gasteiger partial charge on any atom is -0.493 e. The second-order valence-corrected chi connectivity index (χ2v) is 7.10. The number of rotatable bonds is 7. The number of ether oxygens (including phenoxy) is 2. The highest BCUT2D eigenvalue weighted by atomic mass is 79.9. The second-order valence-electron chi connectivity index (χ2n) is 4.56. The number of para-hydroxylation sites is 2. The van der Waals surface area contributed by atoms with Gasteiger partial charge >= 0.3 is 0 Å². The largest absolute Gasteiger partial charge is 0.493 e. The van der Waals surface area contributed by atoms with Crippen molar-refractivity contribution in [2.45, 2.75) is 18.7 Å². The van der Waals surface area contributed by atoms with E-state index in [0.717, 1.165) is 0 Å². The van der Waals surface area contributed by atoms with E-state index in [1.807, 2.05) is 13.8 Å². The average Bonchev–Trinajstić information content (AvgIpc) is 2.51. The molecule has 0 atom stereocenters. The Bertz CT molecular complexity index is 777. The number of sulfonamides is 1. The van der Waals surface area contributed by atoms with Crippen LogP contribution in [0.4, 0.5) is 5.69 Å². The van der Waals surface area contributed by atoms with E-state index in [2.05, 4.69) is 20.7 Å². The van der Waals surface area contributed by atoms with Gasteiger partial charge in [-0.1, -0.05) is 12.1 Å². The summed E-state index contributed by atoms with van der Waals surface area (Å²) in [6, 6.07) is 11.5. The van der Waals surface area contributed by atoms with Crippen LogP contribution in [-0.4, -0.2) is 21.6 Å². The molecule has 0 aliphatic rings. The van der Waals surface area contributed by atoms with Gasteiger partial charge in [-0.05, 0) is 54.0 Å². The van der Waals surface area contributed by atoms with E-state index in [1.165, 1.54) is 12.1 Å². The molecule has 0 amide bonds. The van der Waals surface area contributed by atoms with Crippen LogP contribution >= 0.6 is 15.9 Å². The molecule has 0 heterocycles. The van der Waals surface area contributed by atoms with Crippen LogP contribution < -0.4 is 14.2 Å². The monoisotopic (exact) mass is 399 g/mol. The summed E-state index contributed by atoms with van der Waals surface area (Å²) >= 11 is 3.34. The van der Waals surface area contributed by atoms with E-state index in [-0.39, 0.29) is 4.90 Å². The Kier molecular flexibility index (Phi) is 5.90. The summed E-state index contributed by atoms with van der Waals surface area (Å²) in [5.74, 6) is 0.967. The quantitative estimate of drug-likeness (QED) is 0.762. The van der Waals surface area contributed by atoms with E-state index in [4.69, 9.17) is 9.47 Å². The van der Waals surface area contributed by atoms with Crippen molar-refractivity contribution in [1.82, 2.24) is 0 Å². The van der Waals surface area contributed by atoms with Crippen LogP contribution in [0.2, 0.25) is 0 Å². The first-order chi connectivity index (χ1) is 11.0. The van der Waals surface area contributed by atoms with Gasteiger partial charge in [-0.25, -0.2) is 8.42 Å². The molecule has 5 nitrogen and oxygen atoms in total. The van der Waals surface area contributed by atoms with Gasteiger partial charge in [-0.2, -0.15) is 0 Å². The normalized spacial score (nSPS) is 11.1. The van der Waals surface area contributed by atoms with E-state index < -0.39 is 10.0 Å². The van der Waals surface area contributed by atoms with Gasteiger partial charge in [0.1, 0.15) is 11.5 Å². The Morgan fingerprint density at radius 3 is 2.35 bits per heavy atom. The van der Waals surface area contributed by atoms with Gasteiger partial charge in [0, 0.05) is 6.07 Å². The summed E-state index contributed by atoms with van der Waals surface area (Å²) in [7, 11) is -3.74. The van der Waals surface area contributed by atoms with Crippen LogP contribution in [0.1, 0.15) is 13.8 Å². The molecule has 0 fully saturated rings. The Hall–Kier alpha value is -1.73. The molecule has 0 aliphatic heterocycles. The molecule has 1 N–H and O–H groups in total. The highest BCUT2D eigenvalue weighted by Gasteiger charge is 2.18. The molecule has 0 saturated heterocycles. The van der Waals surface area contributed by atoms with Gasteiger partial charge in [0.25, 0.3) is 10.0 Å². The summed E-state index contributed by atoms with van der Waals surface area (Å²) in [5, 5.41) is 0. The Morgan fingerprint density at radius 2 is 1.65 bits per heavy atom. The zero-order valence-electron chi connectivity index (χ0n) is 12.9. The number of hydrogen-bond donors (Lipinski definition) is 1. The van der Waals surface area contributed by atoms with Gasteiger partial charge < -0.3 is 9.47 Å². The summed E-state index contributed by atoms with van der Waals surface area (Å²) in [4.78, 5) is 0.121. The van der Waals surface area contributed by atoms with E-state index in [1.54, 1.807) is 30.3 Å². The van der Waals surface area contributed by atoms with Crippen molar-refractivity contribution < 1.29 is 17.9 Å². The van der Waals surface area contributed by atoms with Crippen molar-refractivity contribution in [2.75, 3.05) is 17.9 Å². The van der Waals surface area contributed by atoms with Crippen LogP contribution in [0.3, 0.4) is 0 Å². The van der Waals surface area contributed by atoms with Gasteiger partial charge in [-0.15, -0.1) is 0 Å². The van der Waals surface area contributed by atoms with Crippen molar-refractivity contribution >= 4 is 31.6 Å². The standard InChI is InChI=1S/C16H18BrNO4S/c1-3-21-15-8-6-5-7-14(15)18-23(19,20)12-9-10-13(17)16(11-12)22-4-2/h5-11,18H,3-4H2,1-2H3. The zero-order valence-corrected chi connectivity index (χ0v) is 15.3. The molecule has 124 valence electrons. The van der Waals surface area contributed by atoms with Crippen LogP contribution in [0.15, 0.2) is 51.8 Å². The van der Waals surface area contributed by atoms with E-state index >= 15 is 0 Å². The number of halogens is 1. The third-order valence-electron chi connectivity index (χ3n) is 2.94. The predicted octanol–water partition coefficient (Wildman–Crippen LogP) is 4.05. The number of anilines is 1. The average molecular weight is 400 g/mol. The highest BCUT2D eigenvalue weighted by molar-refractivity contribution is 9.10. The summed E-state index contributed by atoms with van der Waals surface area (Å²) < 4.78 is 39.3. The van der Waals surface area contributed by atoms with Crippen molar-refractivity contribution in [1.29, 1.82) is 0 Å². The summed E-state index contributed by atoms with van der Waals surface area (Å²) in [6.07, 6.45) is 0. The summed E-state index contributed by atoms with van der Waals surface area (Å²) in [6.45, 7) is 4.58. The zero-order chi connectivity index (χ0) is 16.9. The van der Waals surface area contributed by atoms with Gasteiger partial charge in [0.05, 0.1) is 28.3 Å². The van der Waals surface area contributed by atoms with Crippen molar-refractivity contribution in [3.05, 3.63) is 46.9 Å². The first-order valence-electron chi connectivity index (χ1n) is 7.15. The number of hydrogen-bond acceptors (Lipinski definition) is 4. The molecule has 23 heavy (non-hydrogen) atoms. The maximum atomic E-state index is 12.6. The lowest BCUT2D eigenvalue weighted by atomic mass is 10.3. The fraction of sp³-hybridized carbons (Fsp3) is 0.250. The van der Waals surface area contributed by atoms with Gasteiger partial charge in [0.15, 0.2) is 0 Å². The molecule has 0 aliphatic carbocycles. The SMILES string of the molecule is CCOc1cc(S(=O)(=O)Nc2ccccc2OCC)ccc1Br. The first-order valence-corrected chi connectivity index (χ1v) is 9.42. The summed E-state index contributed by atoms with van der Waals surface area (Å²) in [5.41, 5.74) is 0.398. The molecule has 2 aromatic carbocycles. The number of nitrogens with one attached hydrogen (secondary N) is 1. The maximum absolute atomic E-state index is 12.6. The predicted molar refractivity (Wildman–Crippen MR) is 93.7 cm³/mol. The Balaban J connectivity index is 2.34. The third kappa shape index (κ3) is 4.39. The molecule has 0 saturated carbocycles. The van der Waals surface area contributed by atoms with Crippen LogP contribution in [0.5, 0.6) is 11.5 Å². The molecule has 0 radical (unpaired) electrons. The molecule has 0 bridgehead atoms. The molecular formula is C16H18BrNO4S. The lowest BCUT2D eigenvalue weighted by molar-refractivity contribution is 0.337. The van der Waals surface area contributed by atoms with Crippen molar-refractivity contribution in [2.24, 2.45) is 0 Å². The minimum absolute atomic E-state index is 0.121. The Labute approximate surface area is 144 Å². The van der Waals surface area contributed by atoms with Gasteiger partial charge in [0.2, 0.25) is 0 Å². The second kappa shape index (κ2) is 7.70. The first kappa shape index (κ1) is 17.6. The van der Waals surface area contributed by atoms with E-state index in [9.17, 15) is 8.42 Å². The lowest BCUT2D eigenvalue weighted by Crippen LogP contribution is -2.14. The van der Waals surface area contributed by atoms with Gasteiger partial charge in [-0.3, -0.25) is 4.72 Å². The van der Waals surface area contributed by atoms with Crippen molar-refractivity contribution in [3.8, 4) is 11.5 Å². The van der Waals surface area contributed by atoms with Crippen LogP contribution in [0.25, 0.3) is 0 Å². The lowest BCUT2D eigenvalue weighted by Gasteiger charge is -2.14. The van der Waals surface area contributed by atoms with Crippen LogP contribution in [0, 0.1) is 0 Å². The molecule has 7 heteroatoms. The minimum atomic E-state index is -3.74. The molecular weight excluding hydrogens is 382 g/mol. The highest BCUT2D eigenvalue weighted by Crippen LogP contribution is 2.30. The molecule has 0 spiro atoms.